The predicted octanol–water partition coefficient (Wildman–Crippen LogP) is 1.45. The molecule has 0 heterocycles. The van der Waals surface area contributed by atoms with E-state index in [0.29, 0.717) is 12.3 Å². The van der Waals surface area contributed by atoms with Crippen molar-refractivity contribution < 1.29 is 13.5 Å². The Morgan fingerprint density at radius 3 is 1.94 bits per heavy atom. The smallest absolute Gasteiger partial charge is 0.216 e. The van der Waals surface area contributed by atoms with Crippen molar-refractivity contribution in [1.29, 1.82) is 0 Å². The van der Waals surface area contributed by atoms with E-state index in [1.54, 1.807) is 20.9 Å². The zero-order chi connectivity index (χ0) is 12.9. The highest BCUT2D eigenvalue weighted by molar-refractivity contribution is 7.89. The van der Waals surface area contributed by atoms with Crippen LogP contribution in [0, 0.1) is 5.92 Å². The van der Waals surface area contributed by atoms with Crippen molar-refractivity contribution >= 4 is 10.0 Å². The van der Waals surface area contributed by atoms with E-state index in [9.17, 15) is 13.5 Å². The van der Waals surface area contributed by atoms with Gasteiger partial charge in [0.25, 0.3) is 0 Å². The van der Waals surface area contributed by atoms with Gasteiger partial charge in [-0.1, -0.05) is 13.8 Å². The quantitative estimate of drug-likeness (QED) is 0.745. The zero-order valence-electron chi connectivity index (χ0n) is 11.0. The van der Waals surface area contributed by atoms with Crippen LogP contribution in [-0.4, -0.2) is 42.8 Å². The summed E-state index contributed by atoms with van der Waals surface area (Å²) in [4.78, 5) is 0. The molecule has 98 valence electrons. The maximum Gasteiger partial charge on any atom is 0.216 e. The summed E-state index contributed by atoms with van der Waals surface area (Å²) in [6.45, 7) is 7.37. The Bertz CT molecular complexity index is 286. The summed E-state index contributed by atoms with van der Waals surface area (Å²) in [5, 5.41) is 8.81. The van der Waals surface area contributed by atoms with E-state index >= 15 is 0 Å². The average Bonchev–Trinajstić information content (AvgIpc) is 2.17. The molecule has 4 nitrogen and oxygen atoms in total. The number of nitrogens with zero attached hydrogens (tertiary/aromatic N) is 1. The first kappa shape index (κ1) is 15.9. The lowest BCUT2D eigenvalue weighted by molar-refractivity contribution is 0.188. The molecule has 0 fully saturated rings. The van der Waals surface area contributed by atoms with Gasteiger partial charge in [0, 0.05) is 13.1 Å². The summed E-state index contributed by atoms with van der Waals surface area (Å²) in [7, 11) is -1.71. The molecule has 1 N–H and O–H groups in total. The summed E-state index contributed by atoms with van der Waals surface area (Å²) >= 11 is 0. The van der Waals surface area contributed by atoms with E-state index in [0.717, 1.165) is 6.42 Å². The van der Waals surface area contributed by atoms with Crippen LogP contribution in [-0.2, 0) is 10.0 Å². The average molecular weight is 251 g/mol. The molecule has 0 aromatic rings. The molecule has 0 radical (unpaired) electrons. The molecule has 0 aromatic heterocycles. The summed E-state index contributed by atoms with van der Waals surface area (Å²) in [6.07, 6.45) is 1.62. The van der Waals surface area contributed by atoms with Crippen molar-refractivity contribution in [2.24, 2.45) is 5.92 Å². The van der Waals surface area contributed by atoms with E-state index in [4.69, 9.17) is 0 Å². The van der Waals surface area contributed by atoms with Crippen LogP contribution < -0.4 is 0 Å². The number of hydrogen-bond acceptors (Lipinski definition) is 3. The molecular formula is C11H25NO3S. The number of rotatable bonds is 7. The van der Waals surface area contributed by atoms with Gasteiger partial charge >= 0.3 is 0 Å². The minimum atomic E-state index is -3.26. The first-order valence-corrected chi connectivity index (χ1v) is 7.31. The van der Waals surface area contributed by atoms with Gasteiger partial charge in [-0.15, -0.1) is 0 Å². The molecule has 0 aliphatic carbocycles. The summed E-state index contributed by atoms with van der Waals surface area (Å²) in [6, 6.07) is -0.296. The highest BCUT2D eigenvalue weighted by atomic mass is 32.2. The highest BCUT2D eigenvalue weighted by Crippen LogP contribution is 2.16. The molecule has 0 aliphatic heterocycles. The Morgan fingerprint density at radius 2 is 1.62 bits per heavy atom. The van der Waals surface area contributed by atoms with E-state index in [1.807, 2.05) is 0 Å². The fourth-order valence-corrected chi connectivity index (χ4v) is 2.71. The fourth-order valence-electron chi connectivity index (χ4n) is 1.45. The summed E-state index contributed by atoms with van der Waals surface area (Å²) < 4.78 is 25.1. The van der Waals surface area contributed by atoms with E-state index in [2.05, 4.69) is 13.8 Å². The maximum absolute atomic E-state index is 11.9. The molecule has 16 heavy (non-hydrogen) atoms. The van der Waals surface area contributed by atoms with Gasteiger partial charge in [-0.3, -0.25) is 0 Å². The largest absolute Gasteiger partial charge is 0.395 e. The van der Waals surface area contributed by atoms with Crippen molar-refractivity contribution in [3.8, 4) is 0 Å². The fraction of sp³-hybridized carbons (Fsp3) is 1.00. The predicted molar refractivity (Wildman–Crippen MR) is 66.8 cm³/mol. The van der Waals surface area contributed by atoms with Gasteiger partial charge in [0.05, 0.1) is 11.9 Å². The van der Waals surface area contributed by atoms with E-state index in [1.165, 1.54) is 4.31 Å². The molecular weight excluding hydrogens is 226 g/mol. The Balaban J connectivity index is 4.59. The van der Waals surface area contributed by atoms with Crippen molar-refractivity contribution in [2.75, 3.05) is 13.7 Å². The van der Waals surface area contributed by atoms with Crippen LogP contribution in [0.4, 0.5) is 0 Å². The zero-order valence-corrected chi connectivity index (χ0v) is 11.8. The van der Waals surface area contributed by atoms with Crippen LogP contribution in [0.2, 0.25) is 0 Å². The van der Waals surface area contributed by atoms with Crippen LogP contribution in [0.25, 0.3) is 0 Å². The Morgan fingerprint density at radius 1 is 1.12 bits per heavy atom. The van der Waals surface area contributed by atoms with Gasteiger partial charge in [-0.05, 0) is 32.6 Å². The second kappa shape index (κ2) is 6.57. The Hall–Kier alpha value is -0.130. The lowest BCUT2D eigenvalue weighted by Gasteiger charge is -2.28. The Labute approximate surface area is 99.7 Å². The minimum Gasteiger partial charge on any atom is -0.395 e. The van der Waals surface area contributed by atoms with Gasteiger partial charge in [0.1, 0.15) is 0 Å². The van der Waals surface area contributed by atoms with Crippen LogP contribution in [0.15, 0.2) is 0 Å². The molecule has 0 aliphatic rings. The van der Waals surface area contributed by atoms with Gasteiger partial charge in [0.2, 0.25) is 10.0 Å². The normalized spacial score (nSPS) is 15.1. The lowest BCUT2D eigenvalue weighted by Crippen LogP contribution is -2.42. The van der Waals surface area contributed by atoms with Crippen molar-refractivity contribution in [2.45, 2.75) is 51.8 Å². The first-order valence-electron chi connectivity index (χ1n) is 5.81. The summed E-state index contributed by atoms with van der Waals surface area (Å²) in [5.74, 6) is 0.518. The van der Waals surface area contributed by atoms with Crippen LogP contribution in [0.5, 0.6) is 0 Å². The number of sulfonamides is 1. The van der Waals surface area contributed by atoms with E-state index < -0.39 is 15.3 Å². The van der Waals surface area contributed by atoms with Gasteiger partial charge < -0.3 is 5.11 Å². The lowest BCUT2D eigenvalue weighted by atomic mass is 10.0. The first-order chi connectivity index (χ1) is 7.23. The minimum absolute atomic E-state index is 0.116. The molecule has 0 rings (SSSR count). The molecule has 0 aromatic carbocycles. The third-order valence-electron chi connectivity index (χ3n) is 2.80. The van der Waals surface area contributed by atoms with Crippen LogP contribution in [0.3, 0.4) is 0 Å². The number of hydrogen-bond donors (Lipinski definition) is 1. The molecule has 1 atom stereocenters. The highest BCUT2D eigenvalue weighted by Gasteiger charge is 2.28. The van der Waals surface area contributed by atoms with Crippen molar-refractivity contribution in [3.63, 3.8) is 0 Å². The van der Waals surface area contributed by atoms with Gasteiger partial charge in [-0.25, -0.2) is 8.42 Å². The number of likely N-dealkylation sites (N-methyl/N-ethyl adjacent to an activating group) is 1. The molecule has 0 amide bonds. The monoisotopic (exact) mass is 251 g/mol. The SMILES string of the molecule is CC(C)CC[C@@H](CO)N(C)S(=O)(=O)C(C)C. The molecule has 0 saturated heterocycles. The number of aliphatic hydroxyl groups excluding tert-OH is 1. The van der Waals surface area contributed by atoms with Crippen LogP contribution >= 0.6 is 0 Å². The second-order valence-electron chi connectivity index (χ2n) is 4.92. The molecule has 0 unspecified atom stereocenters. The van der Waals surface area contributed by atoms with Crippen molar-refractivity contribution in [1.82, 2.24) is 4.31 Å². The number of aliphatic hydroxyl groups is 1. The topological polar surface area (TPSA) is 57.6 Å². The second-order valence-corrected chi connectivity index (χ2v) is 7.47. The third kappa shape index (κ3) is 4.39. The Kier molecular flexibility index (Phi) is 6.51. The standard InChI is InChI=1S/C11H25NO3S/c1-9(2)6-7-11(8-13)12(5)16(14,15)10(3)4/h9-11,13H,6-8H2,1-5H3/t11-/m0/s1. The third-order valence-corrected chi connectivity index (χ3v) is 5.09. The molecule has 5 heteroatoms. The van der Waals surface area contributed by atoms with Crippen molar-refractivity contribution in [3.05, 3.63) is 0 Å². The van der Waals surface area contributed by atoms with Gasteiger partial charge in [0.15, 0.2) is 0 Å². The van der Waals surface area contributed by atoms with Gasteiger partial charge in [-0.2, -0.15) is 4.31 Å². The molecule has 0 spiro atoms. The van der Waals surface area contributed by atoms with Crippen LogP contribution in [0.1, 0.15) is 40.5 Å². The maximum atomic E-state index is 11.9. The molecule has 0 bridgehead atoms. The summed E-state index contributed by atoms with van der Waals surface area (Å²) in [5.41, 5.74) is 0. The molecule has 0 saturated carbocycles. The van der Waals surface area contributed by atoms with E-state index in [-0.39, 0.29) is 12.6 Å².